The van der Waals surface area contributed by atoms with Gasteiger partial charge in [-0.05, 0) is 112 Å². The number of fused-ring (bicyclic) bond motifs is 6. The maximum Gasteiger partial charge on any atom is 0.160 e. The topological polar surface area (TPSA) is 35.6 Å². The van der Waals surface area contributed by atoms with Crippen LogP contribution in [0.3, 0.4) is 0 Å². The Bertz CT molecular complexity index is 3430. The first-order chi connectivity index (χ1) is 30.6. The summed E-state index contributed by atoms with van der Waals surface area (Å²) >= 11 is 0. The van der Waals surface area contributed by atoms with E-state index in [9.17, 15) is 0 Å². The standard InChI is InChI=1S/C58H48N4S/c1-58(2,3)63(4,5)46-32-30-45(31-33-46)62-54-23-15-13-21-48(54)50-37-43(27-35-56(50)62)42-26-34-55-49(36-42)47-20-12-14-22-53(47)61(55)44-28-24-40(25-29-44)52-38-51(39-16-8-6-9-17-39)59-57(60-52)41-18-10-7-11-19-41/h6-38H,1-5H3. The van der Waals surface area contributed by atoms with Gasteiger partial charge in [0.2, 0.25) is 0 Å². The summed E-state index contributed by atoms with van der Waals surface area (Å²) in [6, 6.07) is 72.3. The third-order valence-corrected chi connectivity index (χ3v) is 17.7. The molecular formula is C58H48N4S. The normalized spacial score (nSPS) is 12.5. The molecular weight excluding hydrogens is 785 g/mol. The Balaban J connectivity index is 0.977. The van der Waals surface area contributed by atoms with E-state index < -0.39 is 10.0 Å². The Hall–Kier alpha value is -7.21. The molecule has 0 aliphatic rings. The minimum absolute atomic E-state index is 0.225. The molecule has 0 fully saturated rings. The molecule has 0 radical (unpaired) electrons. The predicted octanol–water partition coefficient (Wildman–Crippen LogP) is 15.6. The Morgan fingerprint density at radius 1 is 0.365 bits per heavy atom. The van der Waals surface area contributed by atoms with Crippen molar-refractivity contribution in [3.05, 3.63) is 200 Å². The summed E-state index contributed by atoms with van der Waals surface area (Å²) < 4.78 is 5.03. The first-order valence-corrected chi connectivity index (χ1v) is 24.1. The largest absolute Gasteiger partial charge is 0.309 e. The fourth-order valence-electron chi connectivity index (χ4n) is 9.00. The zero-order chi connectivity index (χ0) is 42.9. The molecule has 0 amide bonds. The van der Waals surface area contributed by atoms with Crippen LogP contribution in [0.4, 0.5) is 0 Å². The van der Waals surface area contributed by atoms with Crippen LogP contribution in [-0.2, 0) is 0 Å². The average Bonchev–Trinajstić information content (AvgIpc) is 3.84. The zero-order valence-electron chi connectivity index (χ0n) is 36.2. The van der Waals surface area contributed by atoms with Gasteiger partial charge in [0.25, 0.3) is 0 Å². The smallest absolute Gasteiger partial charge is 0.160 e. The summed E-state index contributed by atoms with van der Waals surface area (Å²) in [6.07, 6.45) is 4.86. The van der Waals surface area contributed by atoms with Crippen molar-refractivity contribution in [2.24, 2.45) is 0 Å². The molecule has 0 saturated carbocycles. The molecule has 0 spiro atoms. The molecule has 0 saturated heterocycles. The van der Waals surface area contributed by atoms with E-state index in [2.05, 4.69) is 218 Å². The van der Waals surface area contributed by atoms with Crippen LogP contribution in [-0.4, -0.2) is 36.4 Å². The van der Waals surface area contributed by atoms with Gasteiger partial charge >= 0.3 is 0 Å². The predicted molar refractivity (Wildman–Crippen MR) is 270 cm³/mol. The third kappa shape index (κ3) is 6.63. The fraction of sp³-hybridized carbons (Fsp3) is 0.103. The van der Waals surface area contributed by atoms with Crippen LogP contribution in [0.1, 0.15) is 20.8 Å². The second-order valence-corrected chi connectivity index (χ2v) is 22.2. The molecule has 0 bridgehead atoms. The Kier molecular flexibility index (Phi) is 9.22. The van der Waals surface area contributed by atoms with E-state index in [1.54, 1.807) is 0 Å². The molecule has 3 heterocycles. The minimum Gasteiger partial charge on any atom is -0.309 e. The lowest BCUT2D eigenvalue weighted by molar-refractivity contribution is 0.786. The maximum absolute atomic E-state index is 5.08. The van der Waals surface area contributed by atoms with Gasteiger partial charge in [-0.2, -0.15) is 0 Å². The van der Waals surface area contributed by atoms with Crippen molar-refractivity contribution in [1.82, 2.24) is 19.1 Å². The van der Waals surface area contributed by atoms with E-state index in [0.29, 0.717) is 5.82 Å². The molecule has 0 aliphatic carbocycles. The molecule has 306 valence electrons. The van der Waals surface area contributed by atoms with Crippen molar-refractivity contribution in [3.63, 3.8) is 0 Å². The molecule has 11 rings (SSSR count). The summed E-state index contributed by atoms with van der Waals surface area (Å²) in [5, 5.41) is 4.97. The van der Waals surface area contributed by atoms with Crippen molar-refractivity contribution >= 4 is 53.6 Å². The van der Waals surface area contributed by atoms with Crippen LogP contribution < -0.4 is 0 Å². The van der Waals surface area contributed by atoms with E-state index in [1.165, 1.54) is 65.3 Å². The minimum atomic E-state index is -0.974. The number of nitrogens with zero attached hydrogens (tertiary/aromatic N) is 4. The second kappa shape index (κ2) is 15.0. The van der Waals surface area contributed by atoms with Crippen LogP contribution in [0.2, 0.25) is 0 Å². The molecule has 0 unspecified atom stereocenters. The van der Waals surface area contributed by atoms with Crippen LogP contribution in [0, 0.1) is 0 Å². The van der Waals surface area contributed by atoms with Crippen LogP contribution in [0.25, 0.3) is 100 Å². The number of aromatic nitrogens is 4. The van der Waals surface area contributed by atoms with E-state index in [0.717, 1.165) is 33.8 Å². The molecule has 8 aromatic carbocycles. The number of hydrogen-bond donors (Lipinski definition) is 0. The number of benzene rings is 8. The van der Waals surface area contributed by atoms with E-state index >= 15 is 0 Å². The van der Waals surface area contributed by atoms with E-state index in [4.69, 9.17) is 9.97 Å². The first kappa shape index (κ1) is 38.7. The lowest BCUT2D eigenvalue weighted by atomic mass is 10.0. The lowest BCUT2D eigenvalue weighted by Crippen LogP contribution is -2.23. The summed E-state index contributed by atoms with van der Waals surface area (Å²) in [5.41, 5.74) is 14.4. The van der Waals surface area contributed by atoms with Gasteiger partial charge in [0.15, 0.2) is 5.82 Å². The van der Waals surface area contributed by atoms with Crippen LogP contribution >= 0.6 is 10.0 Å². The number of para-hydroxylation sites is 2. The average molecular weight is 833 g/mol. The highest BCUT2D eigenvalue weighted by Gasteiger charge is 2.29. The van der Waals surface area contributed by atoms with Crippen molar-refractivity contribution in [1.29, 1.82) is 0 Å². The third-order valence-electron chi connectivity index (χ3n) is 13.1. The summed E-state index contributed by atoms with van der Waals surface area (Å²) in [7, 11) is -0.974. The van der Waals surface area contributed by atoms with Crippen LogP contribution in [0.15, 0.2) is 205 Å². The number of rotatable bonds is 7. The monoisotopic (exact) mass is 832 g/mol. The van der Waals surface area contributed by atoms with E-state index in [-0.39, 0.29) is 4.75 Å². The Morgan fingerprint density at radius 2 is 0.762 bits per heavy atom. The molecule has 11 aromatic rings. The molecule has 63 heavy (non-hydrogen) atoms. The summed E-state index contributed by atoms with van der Waals surface area (Å²) in [5.74, 6) is 0.713. The van der Waals surface area contributed by atoms with Crippen molar-refractivity contribution in [2.75, 3.05) is 12.5 Å². The molecule has 0 N–H and O–H groups in total. The Labute approximate surface area is 370 Å². The van der Waals surface area contributed by atoms with Gasteiger partial charge in [0, 0.05) is 49.6 Å². The van der Waals surface area contributed by atoms with Gasteiger partial charge < -0.3 is 9.13 Å². The van der Waals surface area contributed by atoms with Gasteiger partial charge in [0.05, 0.1) is 33.5 Å². The van der Waals surface area contributed by atoms with Crippen LogP contribution in [0.5, 0.6) is 0 Å². The van der Waals surface area contributed by atoms with Gasteiger partial charge in [-0.3, -0.25) is 0 Å². The summed E-state index contributed by atoms with van der Waals surface area (Å²) in [4.78, 5) is 11.5. The van der Waals surface area contributed by atoms with Gasteiger partial charge in [0.1, 0.15) is 0 Å². The van der Waals surface area contributed by atoms with Gasteiger partial charge in [-0.25, -0.2) is 20.0 Å². The molecule has 5 heteroatoms. The molecule has 0 aliphatic heterocycles. The second-order valence-electron chi connectivity index (χ2n) is 17.8. The first-order valence-electron chi connectivity index (χ1n) is 21.6. The highest BCUT2D eigenvalue weighted by Crippen LogP contribution is 2.59. The molecule has 4 nitrogen and oxygen atoms in total. The van der Waals surface area contributed by atoms with Gasteiger partial charge in [-0.15, -0.1) is 0 Å². The van der Waals surface area contributed by atoms with Crippen molar-refractivity contribution in [2.45, 2.75) is 30.4 Å². The highest BCUT2D eigenvalue weighted by molar-refractivity contribution is 8.33. The SMILES string of the molecule is CC(C)(C)S(C)(C)c1ccc(-n2c3ccccc3c3cc(-c4ccc5c(c4)c4ccccc4n5-c4ccc(-c5cc(-c6ccccc6)nc(-c6ccccc6)n5)cc4)ccc32)cc1. The summed E-state index contributed by atoms with van der Waals surface area (Å²) in [6.45, 7) is 7.08. The van der Waals surface area contributed by atoms with E-state index in [1.807, 2.05) is 24.3 Å². The van der Waals surface area contributed by atoms with Crippen molar-refractivity contribution < 1.29 is 0 Å². The lowest BCUT2D eigenvalue weighted by Gasteiger charge is -2.45. The quantitative estimate of drug-likeness (QED) is 0.160. The zero-order valence-corrected chi connectivity index (χ0v) is 37.1. The van der Waals surface area contributed by atoms with Crippen molar-refractivity contribution in [3.8, 4) is 56.4 Å². The highest BCUT2D eigenvalue weighted by atomic mass is 32.3. The fourth-order valence-corrected chi connectivity index (χ4v) is 10.5. The molecule has 3 aromatic heterocycles. The molecule has 0 atom stereocenters. The Morgan fingerprint density at radius 3 is 1.25 bits per heavy atom. The van der Waals surface area contributed by atoms with Gasteiger partial charge in [-0.1, -0.05) is 142 Å². The number of hydrogen-bond acceptors (Lipinski definition) is 2. The maximum atomic E-state index is 5.08.